The quantitative estimate of drug-likeness (QED) is 0.841. The molecular weight excluding hydrogens is 308 g/mol. The van der Waals surface area contributed by atoms with E-state index in [1.165, 1.54) is 0 Å². The van der Waals surface area contributed by atoms with E-state index >= 15 is 0 Å². The number of nitrogens with one attached hydrogen (secondary N) is 1. The minimum atomic E-state index is -0.758. The molecule has 1 rings (SSSR count). The number of amides is 1. The average molecular weight is 331 g/mol. The van der Waals surface area contributed by atoms with Crippen molar-refractivity contribution in [3.63, 3.8) is 0 Å². The van der Waals surface area contributed by atoms with E-state index in [1.54, 1.807) is 27.7 Å². The Morgan fingerprint density at radius 3 is 2.30 bits per heavy atom. The molecule has 0 fully saturated rings. The fourth-order valence-corrected chi connectivity index (χ4v) is 1.73. The summed E-state index contributed by atoms with van der Waals surface area (Å²) in [6, 6.07) is 2.23. The third kappa shape index (κ3) is 7.27. The number of aliphatic hydroxyl groups excluding tert-OH is 1. The molecule has 1 aromatic carbocycles. The van der Waals surface area contributed by atoms with Gasteiger partial charge in [0.25, 0.3) is 0 Å². The summed E-state index contributed by atoms with van der Waals surface area (Å²) in [4.78, 5) is 11.8. The number of carbonyl (C=O) groups is 1. The maximum Gasteiger partial charge on any atom is 0.408 e. The van der Waals surface area contributed by atoms with Crippen LogP contribution in [0.15, 0.2) is 18.2 Å². The summed E-state index contributed by atoms with van der Waals surface area (Å²) in [5.74, 6) is -1.84. The van der Waals surface area contributed by atoms with Gasteiger partial charge in [-0.15, -0.1) is 0 Å². The molecule has 0 aliphatic carbocycles. The smallest absolute Gasteiger partial charge is 0.408 e. The van der Waals surface area contributed by atoms with Crippen molar-refractivity contribution in [2.24, 2.45) is 5.92 Å². The van der Waals surface area contributed by atoms with E-state index in [9.17, 15) is 18.7 Å². The predicted octanol–water partition coefficient (Wildman–Crippen LogP) is 2.87. The summed E-state index contributed by atoms with van der Waals surface area (Å²) in [5.41, 5.74) is -0.663. The lowest BCUT2D eigenvalue weighted by molar-refractivity contribution is 0.0447. The summed E-state index contributed by atoms with van der Waals surface area (Å²) in [5, 5.41) is 11.9. The van der Waals surface area contributed by atoms with Crippen LogP contribution in [0.3, 0.4) is 0 Å². The lowest BCUT2D eigenvalue weighted by Gasteiger charge is -2.26. The summed E-state index contributed by atoms with van der Waals surface area (Å²) >= 11 is 0. The van der Waals surface area contributed by atoms with Gasteiger partial charge in [0.2, 0.25) is 0 Å². The van der Waals surface area contributed by atoms with Crippen LogP contribution in [-0.4, -0.2) is 36.1 Å². The Labute approximate surface area is 134 Å². The Balaban J connectivity index is 2.69. The molecule has 7 heteroatoms. The highest BCUT2D eigenvalue weighted by molar-refractivity contribution is 5.68. The molecule has 0 spiro atoms. The van der Waals surface area contributed by atoms with Gasteiger partial charge in [0, 0.05) is 30.7 Å². The van der Waals surface area contributed by atoms with Gasteiger partial charge in [-0.3, -0.25) is 0 Å². The van der Waals surface area contributed by atoms with Gasteiger partial charge in [-0.1, -0.05) is 6.92 Å². The van der Waals surface area contributed by atoms with Crippen molar-refractivity contribution in [1.82, 2.24) is 5.32 Å². The Morgan fingerprint density at radius 2 is 1.83 bits per heavy atom. The van der Waals surface area contributed by atoms with Crippen molar-refractivity contribution in [2.45, 2.75) is 39.3 Å². The second-order valence-corrected chi connectivity index (χ2v) is 6.33. The standard InChI is InChI=1S/C16H23F2NO4/c1-10(8-20)14(19-15(21)23-16(2,3)4)9-22-13-6-11(17)5-12(18)7-13/h5-7,10,14,20H,8-9H2,1-4H3,(H,19,21)/t10?,14-/m0/s1. The lowest BCUT2D eigenvalue weighted by Crippen LogP contribution is -2.46. The molecule has 0 aromatic heterocycles. The molecule has 1 amide bonds. The first-order valence-corrected chi connectivity index (χ1v) is 7.30. The van der Waals surface area contributed by atoms with Crippen molar-refractivity contribution in [3.8, 4) is 5.75 Å². The van der Waals surface area contributed by atoms with Gasteiger partial charge in [-0.05, 0) is 20.8 Å². The maximum atomic E-state index is 13.1. The van der Waals surface area contributed by atoms with Crippen LogP contribution >= 0.6 is 0 Å². The van der Waals surface area contributed by atoms with E-state index in [1.807, 2.05) is 0 Å². The second-order valence-electron chi connectivity index (χ2n) is 6.33. The molecule has 23 heavy (non-hydrogen) atoms. The molecule has 2 N–H and O–H groups in total. The SMILES string of the molecule is CC(CO)[C@H](COc1cc(F)cc(F)c1)NC(=O)OC(C)(C)C. The number of ether oxygens (including phenoxy) is 2. The van der Waals surface area contributed by atoms with Crippen LogP contribution in [0.1, 0.15) is 27.7 Å². The Bertz CT molecular complexity index is 511. The summed E-state index contributed by atoms with van der Waals surface area (Å²) in [6.45, 7) is 6.62. The largest absolute Gasteiger partial charge is 0.491 e. The number of aliphatic hydroxyl groups is 1. The lowest BCUT2D eigenvalue weighted by atomic mass is 10.0. The highest BCUT2D eigenvalue weighted by Gasteiger charge is 2.23. The van der Waals surface area contributed by atoms with Crippen molar-refractivity contribution < 1.29 is 28.2 Å². The molecular formula is C16H23F2NO4. The summed E-state index contributed by atoms with van der Waals surface area (Å²) in [7, 11) is 0. The van der Waals surface area contributed by atoms with Gasteiger partial charge in [0.05, 0.1) is 6.04 Å². The molecule has 2 atom stereocenters. The van der Waals surface area contributed by atoms with Crippen LogP contribution in [0.4, 0.5) is 13.6 Å². The van der Waals surface area contributed by atoms with E-state index < -0.39 is 29.4 Å². The van der Waals surface area contributed by atoms with E-state index in [0.717, 1.165) is 18.2 Å². The van der Waals surface area contributed by atoms with E-state index in [2.05, 4.69) is 5.32 Å². The number of carbonyl (C=O) groups excluding carboxylic acids is 1. The highest BCUT2D eigenvalue weighted by Crippen LogP contribution is 2.16. The van der Waals surface area contributed by atoms with Gasteiger partial charge in [-0.2, -0.15) is 0 Å². The topological polar surface area (TPSA) is 67.8 Å². The fourth-order valence-electron chi connectivity index (χ4n) is 1.73. The minimum absolute atomic E-state index is 0.00336. The van der Waals surface area contributed by atoms with E-state index in [-0.39, 0.29) is 24.9 Å². The van der Waals surface area contributed by atoms with Gasteiger partial charge >= 0.3 is 6.09 Å². The molecule has 1 unspecified atom stereocenters. The Morgan fingerprint density at radius 1 is 1.26 bits per heavy atom. The number of hydrogen-bond donors (Lipinski definition) is 2. The van der Waals surface area contributed by atoms with Gasteiger partial charge in [-0.25, -0.2) is 13.6 Å². The summed E-state index contributed by atoms with van der Waals surface area (Å²) < 4.78 is 36.7. The zero-order valence-corrected chi connectivity index (χ0v) is 13.7. The monoisotopic (exact) mass is 331 g/mol. The predicted molar refractivity (Wildman–Crippen MR) is 81.3 cm³/mol. The van der Waals surface area contributed by atoms with Crippen LogP contribution in [0.25, 0.3) is 0 Å². The first-order chi connectivity index (χ1) is 10.6. The number of rotatable bonds is 6. The first kappa shape index (κ1) is 19.2. The van der Waals surface area contributed by atoms with Crippen LogP contribution in [0.2, 0.25) is 0 Å². The van der Waals surface area contributed by atoms with Crippen molar-refractivity contribution >= 4 is 6.09 Å². The second kappa shape index (κ2) is 8.10. The minimum Gasteiger partial charge on any atom is -0.491 e. The first-order valence-electron chi connectivity index (χ1n) is 7.30. The van der Waals surface area contributed by atoms with Gasteiger partial charge in [0.1, 0.15) is 29.6 Å². The molecule has 130 valence electrons. The summed E-state index contributed by atoms with van der Waals surface area (Å²) in [6.07, 6.45) is -0.656. The Hall–Kier alpha value is -1.89. The van der Waals surface area contributed by atoms with Gasteiger partial charge < -0.3 is 19.9 Å². The molecule has 0 heterocycles. The zero-order chi connectivity index (χ0) is 17.6. The molecule has 5 nitrogen and oxygen atoms in total. The van der Waals surface area contributed by atoms with Crippen LogP contribution in [0, 0.1) is 17.6 Å². The van der Waals surface area contributed by atoms with E-state index in [0.29, 0.717) is 0 Å². The van der Waals surface area contributed by atoms with Crippen molar-refractivity contribution in [3.05, 3.63) is 29.8 Å². The maximum absolute atomic E-state index is 13.1. The third-order valence-electron chi connectivity index (χ3n) is 2.94. The van der Waals surface area contributed by atoms with Crippen molar-refractivity contribution in [2.75, 3.05) is 13.2 Å². The number of benzene rings is 1. The van der Waals surface area contributed by atoms with Crippen LogP contribution < -0.4 is 10.1 Å². The Kier molecular flexibility index (Phi) is 6.75. The molecule has 0 saturated carbocycles. The molecule has 1 aromatic rings. The molecule has 0 saturated heterocycles. The van der Waals surface area contributed by atoms with Gasteiger partial charge in [0.15, 0.2) is 0 Å². The molecule has 0 aliphatic heterocycles. The van der Waals surface area contributed by atoms with Crippen LogP contribution in [0.5, 0.6) is 5.75 Å². The van der Waals surface area contributed by atoms with Crippen molar-refractivity contribution in [1.29, 1.82) is 0 Å². The fraction of sp³-hybridized carbons (Fsp3) is 0.562. The number of hydrogen-bond acceptors (Lipinski definition) is 4. The average Bonchev–Trinajstić information content (AvgIpc) is 2.39. The number of halogens is 2. The highest BCUT2D eigenvalue weighted by atomic mass is 19.1. The normalized spacial score (nSPS) is 14.0. The molecule has 0 radical (unpaired) electrons. The van der Waals surface area contributed by atoms with Crippen LogP contribution in [-0.2, 0) is 4.74 Å². The third-order valence-corrected chi connectivity index (χ3v) is 2.94. The number of alkyl carbamates (subject to hydrolysis) is 1. The molecule has 0 aliphatic rings. The zero-order valence-electron chi connectivity index (χ0n) is 13.7. The van der Waals surface area contributed by atoms with E-state index in [4.69, 9.17) is 9.47 Å². The molecule has 0 bridgehead atoms.